The molecule has 3 aromatic rings. The fraction of sp³-hybridized carbons (Fsp3) is 0.320. The van der Waals surface area contributed by atoms with Crippen LogP contribution < -0.4 is 4.74 Å². The van der Waals surface area contributed by atoms with E-state index in [1.54, 1.807) is 12.1 Å². The number of furan rings is 1. The molecule has 1 fully saturated rings. The number of benzene rings is 2. The van der Waals surface area contributed by atoms with Crippen molar-refractivity contribution < 1.29 is 37.1 Å². The van der Waals surface area contributed by atoms with Crippen LogP contribution in [-0.4, -0.2) is 55.5 Å². The lowest BCUT2D eigenvalue weighted by Crippen LogP contribution is -2.45. The fourth-order valence-corrected chi connectivity index (χ4v) is 4.20. The molecule has 1 aromatic heterocycles. The van der Waals surface area contributed by atoms with Crippen LogP contribution in [-0.2, 0) is 16.0 Å². The average molecular weight is 471 g/mol. The molecule has 0 aliphatic carbocycles. The number of methoxy groups -OCH3 is 2. The van der Waals surface area contributed by atoms with Gasteiger partial charge in [-0.25, -0.2) is 13.6 Å². The molecule has 34 heavy (non-hydrogen) atoms. The van der Waals surface area contributed by atoms with Crippen molar-refractivity contribution in [2.45, 2.75) is 24.9 Å². The Labute approximate surface area is 194 Å². The third-order valence-corrected chi connectivity index (χ3v) is 6.11. The number of rotatable bonds is 6. The number of hydrogen-bond acceptors (Lipinski definition) is 6. The number of Topliss-reactive ketones (excluding diaryl/α,β-unsaturated/α-hetero) is 1. The molecule has 4 rings (SSSR count). The van der Waals surface area contributed by atoms with Crippen molar-refractivity contribution in [3.8, 4) is 5.75 Å². The zero-order valence-electron chi connectivity index (χ0n) is 18.7. The molecule has 0 atom stereocenters. The summed E-state index contributed by atoms with van der Waals surface area (Å²) in [6.07, 6.45) is 1.67. The van der Waals surface area contributed by atoms with Gasteiger partial charge in [-0.2, -0.15) is 0 Å². The molecule has 0 radical (unpaired) electrons. The van der Waals surface area contributed by atoms with Crippen molar-refractivity contribution in [1.82, 2.24) is 4.90 Å². The number of alkyl halides is 1. The number of likely N-dealkylation sites (tertiary alicyclic amines) is 1. The van der Waals surface area contributed by atoms with Crippen LogP contribution in [0.2, 0.25) is 0 Å². The van der Waals surface area contributed by atoms with Crippen molar-refractivity contribution in [1.29, 1.82) is 0 Å². The molecule has 2 aromatic carbocycles. The highest BCUT2D eigenvalue weighted by molar-refractivity contribution is 6.42. The van der Waals surface area contributed by atoms with E-state index in [2.05, 4.69) is 4.74 Å². The van der Waals surface area contributed by atoms with E-state index in [1.807, 2.05) is 0 Å². The number of fused-ring (bicyclic) bond motifs is 1. The minimum Gasteiger partial charge on any atom is -0.496 e. The maximum Gasteiger partial charge on any atom is 0.382 e. The second-order valence-corrected chi connectivity index (χ2v) is 8.27. The fourth-order valence-electron chi connectivity index (χ4n) is 4.20. The molecule has 2 heterocycles. The van der Waals surface area contributed by atoms with Gasteiger partial charge in [0.05, 0.1) is 26.0 Å². The number of ether oxygens (including phenoxy) is 2. The molecule has 1 amide bonds. The Kier molecular flexibility index (Phi) is 6.37. The normalized spacial score (nSPS) is 15.2. The molecule has 9 heteroatoms. The van der Waals surface area contributed by atoms with Gasteiger partial charge in [-0.1, -0.05) is 12.1 Å². The summed E-state index contributed by atoms with van der Waals surface area (Å²) in [6, 6.07) is 8.70. The van der Waals surface area contributed by atoms with Gasteiger partial charge >= 0.3 is 11.8 Å². The first-order valence-corrected chi connectivity index (χ1v) is 10.7. The van der Waals surface area contributed by atoms with Crippen LogP contribution >= 0.6 is 0 Å². The highest BCUT2D eigenvalue weighted by Gasteiger charge is 2.37. The maximum atomic E-state index is 15.4. The maximum absolute atomic E-state index is 15.4. The predicted octanol–water partition coefficient (Wildman–Crippen LogP) is 4.12. The summed E-state index contributed by atoms with van der Waals surface area (Å²) in [4.78, 5) is 38.8. The summed E-state index contributed by atoms with van der Waals surface area (Å²) in [5.74, 6) is -2.80. The third-order valence-electron chi connectivity index (χ3n) is 6.11. The van der Waals surface area contributed by atoms with Crippen LogP contribution in [0, 0.1) is 5.82 Å². The zero-order valence-corrected chi connectivity index (χ0v) is 18.7. The molecule has 0 N–H and O–H groups in total. The highest BCUT2D eigenvalue weighted by Crippen LogP contribution is 2.34. The van der Waals surface area contributed by atoms with Crippen molar-refractivity contribution in [2.24, 2.45) is 0 Å². The van der Waals surface area contributed by atoms with Crippen LogP contribution in [0.1, 0.15) is 39.3 Å². The highest BCUT2D eigenvalue weighted by atomic mass is 19.1. The molecule has 0 saturated carbocycles. The average Bonchev–Trinajstić information content (AvgIpc) is 3.26. The zero-order chi connectivity index (χ0) is 24.5. The molecule has 0 spiro atoms. The summed E-state index contributed by atoms with van der Waals surface area (Å²) in [6.45, 7) is 0.355. The molecule has 1 aliphatic heterocycles. The molecule has 178 valence electrons. The van der Waals surface area contributed by atoms with E-state index < -0.39 is 17.4 Å². The minimum absolute atomic E-state index is 0.123. The molecular weight excluding hydrogens is 448 g/mol. The van der Waals surface area contributed by atoms with Crippen molar-refractivity contribution in [2.75, 3.05) is 27.3 Å². The Balaban J connectivity index is 1.55. The van der Waals surface area contributed by atoms with Gasteiger partial charge in [-0.3, -0.25) is 9.59 Å². The number of nitrogens with zero attached hydrogens (tertiary/aromatic N) is 1. The monoisotopic (exact) mass is 471 g/mol. The Hall–Kier alpha value is -3.75. The first-order chi connectivity index (χ1) is 16.2. The summed E-state index contributed by atoms with van der Waals surface area (Å²) >= 11 is 0. The number of carbonyl (C=O) groups is 3. The standard InChI is InChI=1S/C25H23F2NO6/c1-32-20-11-16-14-34-22(21(29)24(31)33-2)18(16)12-19(20)23(30)28-9-7-25(27,8-10-28)13-15-3-5-17(26)6-4-15/h3-6,11-12,14H,7-10,13H2,1-2H3. The van der Waals surface area contributed by atoms with Crippen molar-refractivity contribution >= 4 is 28.4 Å². The third kappa shape index (κ3) is 4.50. The summed E-state index contributed by atoms with van der Waals surface area (Å²) in [5, 5.41) is 0.745. The van der Waals surface area contributed by atoms with E-state index in [1.165, 1.54) is 42.5 Å². The van der Waals surface area contributed by atoms with E-state index in [0.29, 0.717) is 10.9 Å². The van der Waals surface area contributed by atoms with Crippen molar-refractivity contribution in [3.63, 3.8) is 0 Å². The molecule has 1 saturated heterocycles. The smallest absolute Gasteiger partial charge is 0.382 e. The Morgan fingerprint density at radius 1 is 1.09 bits per heavy atom. The first-order valence-electron chi connectivity index (χ1n) is 10.7. The Morgan fingerprint density at radius 3 is 2.38 bits per heavy atom. The van der Waals surface area contributed by atoms with Gasteiger partial charge < -0.3 is 18.8 Å². The van der Waals surface area contributed by atoms with Gasteiger partial charge in [0.15, 0.2) is 5.76 Å². The SMILES string of the molecule is COC(=O)C(=O)c1occ2cc(OC)c(C(=O)N3CCC(F)(Cc4ccc(F)cc4)CC3)cc12. The van der Waals surface area contributed by atoms with Gasteiger partial charge in [-0.15, -0.1) is 0 Å². The first kappa shape index (κ1) is 23.4. The van der Waals surface area contributed by atoms with Crippen LogP contribution in [0.25, 0.3) is 10.8 Å². The Bertz CT molecular complexity index is 1240. The summed E-state index contributed by atoms with van der Waals surface area (Å²) < 4.78 is 43.6. The minimum atomic E-state index is -1.51. The number of ketones is 1. The lowest BCUT2D eigenvalue weighted by Gasteiger charge is -2.36. The van der Waals surface area contributed by atoms with Crippen LogP contribution in [0.5, 0.6) is 5.75 Å². The van der Waals surface area contributed by atoms with Gasteiger partial charge in [-0.05, 0) is 42.7 Å². The lowest BCUT2D eigenvalue weighted by atomic mass is 9.86. The topological polar surface area (TPSA) is 86.0 Å². The molecule has 0 bridgehead atoms. The number of piperidine rings is 1. The lowest BCUT2D eigenvalue weighted by molar-refractivity contribution is -0.135. The van der Waals surface area contributed by atoms with Crippen LogP contribution in [0.4, 0.5) is 8.78 Å². The number of hydrogen-bond donors (Lipinski definition) is 0. The number of amides is 1. The number of carbonyl (C=O) groups excluding carboxylic acids is 3. The second-order valence-electron chi connectivity index (χ2n) is 8.27. The second kappa shape index (κ2) is 9.24. The molecular formula is C25H23F2NO6. The summed E-state index contributed by atoms with van der Waals surface area (Å²) in [7, 11) is 2.49. The van der Waals surface area contributed by atoms with E-state index in [0.717, 1.165) is 7.11 Å². The van der Waals surface area contributed by atoms with E-state index >= 15 is 4.39 Å². The summed E-state index contributed by atoms with van der Waals surface area (Å²) in [5.41, 5.74) is -0.647. The van der Waals surface area contributed by atoms with E-state index in [-0.39, 0.29) is 66.5 Å². The van der Waals surface area contributed by atoms with Crippen LogP contribution in [0.15, 0.2) is 47.1 Å². The van der Waals surface area contributed by atoms with Gasteiger partial charge in [0.25, 0.3) is 5.91 Å². The molecule has 1 aliphatic rings. The van der Waals surface area contributed by atoms with Crippen LogP contribution in [0.3, 0.4) is 0 Å². The van der Waals surface area contributed by atoms with Gasteiger partial charge in [0.1, 0.15) is 17.2 Å². The van der Waals surface area contributed by atoms with E-state index in [9.17, 15) is 18.8 Å². The molecule has 0 unspecified atom stereocenters. The predicted molar refractivity (Wildman–Crippen MR) is 118 cm³/mol. The van der Waals surface area contributed by atoms with Gasteiger partial charge in [0.2, 0.25) is 0 Å². The van der Waals surface area contributed by atoms with E-state index in [4.69, 9.17) is 9.15 Å². The largest absolute Gasteiger partial charge is 0.496 e. The van der Waals surface area contributed by atoms with Crippen molar-refractivity contribution in [3.05, 3.63) is 65.4 Å². The molecule has 7 nitrogen and oxygen atoms in total. The Morgan fingerprint density at radius 2 is 1.76 bits per heavy atom. The quantitative estimate of drug-likeness (QED) is 0.305. The number of esters is 1. The van der Waals surface area contributed by atoms with Gasteiger partial charge in [0, 0.05) is 30.3 Å². The number of halogens is 2.